The SMILES string of the molecule is CC1CSC(SCC2CCCN2)=N1. The fraction of sp³-hybridized carbons (Fsp3) is 0.889. The molecule has 74 valence electrons. The van der Waals surface area contributed by atoms with Gasteiger partial charge in [-0.05, 0) is 26.3 Å². The first-order valence-electron chi connectivity index (χ1n) is 4.91. The fourth-order valence-corrected chi connectivity index (χ4v) is 3.93. The zero-order valence-electron chi connectivity index (χ0n) is 7.95. The monoisotopic (exact) mass is 216 g/mol. The second kappa shape index (κ2) is 4.71. The molecule has 0 aromatic heterocycles. The van der Waals surface area contributed by atoms with E-state index < -0.39 is 0 Å². The van der Waals surface area contributed by atoms with Crippen LogP contribution in [0.15, 0.2) is 4.99 Å². The van der Waals surface area contributed by atoms with Crippen LogP contribution in [0.3, 0.4) is 0 Å². The van der Waals surface area contributed by atoms with E-state index in [9.17, 15) is 0 Å². The topological polar surface area (TPSA) is 24.4 Å². The first kappa shape index (κ1) is 9.87. The Morgan fingerprint density at radius 1 is 1.69 bits per heavy atom. The molecular weight excluding hydrogens is 200 g/mol. The number of hydrogen-bond acceptors (Lipinski definition) is 4. The highest BCUT2D eigenvalue weighted by Gasteiger charge is 2.18. The molecule has 2 rings (SSSR count). The molecule has 0 saturated carbocycles. The Hall–Kier alpha value is 0.330. The standard InChI is InChI=1S/C9H16N2S2/c1-7-5-12-9(11-7)13-6-8-3-2-4-10-8/h7-8,10H,2-6H2,1H3. The van der Waals surface area contributed by atoms with Crippen molar-refractivity contribution in [2.75, 3.05) is 18.1 Å². The number of aliphatic imine (C=N–C) groups is 1. The first-order valence-corrected chi connectivity index (χ1v) is 6.88. The van der Waals surface area contributed by atoms with E-state index in [-0.39, 0.29) is 0 Å². The summed E-state index contributed by atoms with van der Waals surface area (Å²) in [6, 6.07) is 1.29. The molecule has 0 aromatic carbocycles. The molecule has 4 heteroatoms. The number of nitrogens with one attached hydrogen (secondary N) is 1. The van der Waals surface area contributed by atoms with Gasteiger partial charge in [-0.2, -0.15) is 0 Å². The van der Waals surface area contributed by atoms with Crippen LogP contribution < -0.4 is 5.32 Å². The summed E-state index contributed by atoms with van der Waals surface area (Å²) in [6.07, 6.45) is 2.70. The van der Waals surface area contributed by atoms with Crippen LogP contribution in [0, 0.1) is 0 Å². The summed E-state index contributed by atoms with van der Waals surface area (Å²) in [4.78, 5) is 4.56. The third-order valence-electron chi connectivity index (χ3n) is 2.34. The highest BCUT2D eigenvalue weighted by Crippen LogP contribution is 2.27. The van der Waals surface area contributed by atoms with Gasteiger partial charge in [0.2, 0.25) is 0 Å². The molecule has 1 fully saturated rings. The zero-order chi connectivity index (χ0) is 9.10. The smallest absolute Gasteiger partial charge is 0.124 e. The van der Waals surface area contributed by atoms with E-state index >= 15 is 0 Å². The zero-order valence-corrected chi connectivity index (χ0v) is 9.59. The molecule has 2 heterocycles. The lowest BCUT2D eigenvalue weighted by molar-refractivity contribution is 0.675. The lowest BCUT2D eigenvalue weighted by Crippen LogP contribution is -2.23. The van der Waals surface area contributed by atoms with E-state index in [4.69, 9.17) is 0 Å². The van der Waals surface area contributed by atoms with Gasteiger partial charge in [0, 0.05) is 17.5 Å². The van der Waals surface area contributed by atoms with Gasteiger partial charge in [0.25, 0.3) is 0 Å². The van der Waals surface area contributed by atoms with Gasteiger partial charge in [0.15, 0.2) is 0 Å². The van der Waals surface area contributed by atoms with Crippen molar-refractivity contribution in [3.8, 4) is 0 Å². The molecule has 13 heavy (non-hydrogen) atoms. The van der Waals surface area contributed by atoms with Crippen molar-refractivity contribution < 1.29 is 0 Å². The van der Waals surface area contributed by atoms with Crippen LogP contribution in [-0.2, 0) is 0 Å². The minimum absolute atomic E-state index is 0.545. The fourth-order valence-electron chi connectivity index (χ4n) is 1.60. The summed E-state index contributed by atoms with van der Waals surface area (Å²) >= 11 is 3.85. The average molecular weight is 216 g/mol. The van der Waals surface area contributed by atoms with Gasteiger partial charge in [-0.15, -0.1) is 0 Å². The molecule has 2 aliphatic rings. The summed E-state index contributed by atoms with van der Waals surface area (Å²) in [7, 11) is 0. The molecule has 2 atom stereocenters. The molecule has 0 amide bonds. The summed E-state index contributed by atoms with van der Waals surface area (Å²) in [5.41, 5.74) is 0. The van der Waals surface area contributed by atoms with Gasteiger partial charge in [0.1, 0.15) is 4.38 Å². The Morgan fingerprint density at radius 2 is 2.62 bits per heavy atom. The van der Waals surface area contributed by atoms with E-state index in [0.29, 0.717) is 6.04 Å². The lowest BCUT2D eigenvalue weighted by atomic mass is 10.3. The van der Waals surface area contributed by atoms with E-state index in [1.54, 1.807) is 0 Å². The highest BCUT2D eigenvalue weighted by atomic mass is 32.2. The van der Waals surface area contributed by atoms with Crippen molar-refractivity contribution in [1.29, 1.82) is 0 Å². The van der Waals surface area contributed by atoms with Crippen molar-refractivity contribution in [3.05, 3.63) is 0 Å². The predicted octanol–water partition coefficient (Wildman–Crippen LogP) is 1.96. The Balaban J connectivity index is 1.70. The second-order valence-electron chi connectivity index (χ2n) is 3.66. The van der Waals surface area contributed by atoms with Crippen LogP contribution in [0.2, 0.25) is 0 Å². The maximum Gasteiger partial charge on any atom is 0.124 e. The van der Waals surface area contributed by atoms with Gasteiger partial charge in [-0.1, -0.05) is 23.5 Å². The van der Waals surface area contributed by atoms with Crippen molar-refractivity contribution in [1.82, 2.24) is 5.32 Å². The minimum Gasteiger partial charge on any atom is -0.313 e. The second-order valence-corrected chi connectivity index (χ2v) is 5.94. The van der Waals surface area contributed by atoms with Crippen LogP contribution in [0.1, 0.15) is 19.8 Å². The summed E-state index contributed by atoms with van der Waals surface area (Å²) in [6.45, 7) is 3.40. The summed E-state index contributed by atoms with van der Waals surface area (Å²) in [5.74, 6) is 2.39. The van der Waals surface area contributed by atoms with Gasteiger partial charge < -0.3 is 5.32 Å². The third-order valence-corrected chi connectivity index (χ3v) is 4.97. The van der Waals surface area contributed by atoms with Crippen LogP contribution in [-0.4, -0.2) is 34.5 Å². The largest absolute Gasteiger partial charge is 0.313 e. The third kappa shape index (κ3) is 2.89. The van der Waals surface area contributed by atoms with Gasteiger partial charge in [0.05, 0.1) is 6.04 Å². The van der Waals surface area contributed by atoms with Crippen molar-refractivity contribution >= 4 is 27.9 Å². The van der Waals surface area contributed by atoms with Gasteiger partial charge in [-0.25, -0.2) is 0 Å². The first-order chi connectivity index (χ1) is 6.34. The number of rotatable bonds is 2. The summed E-state index contributed by atoms with van der Waals surface area (Å²) in [5, 5.41) is 3.51. The van der Waals surface area contributed by atoms with Crippen LogP contribution in [0.25, 0.3) is 0 Å². The maximum absolute atomic E-state index is 4.56. The Labute approximate surface area is 88.3 Å². The molecule has 0 aliphatic carbocycles. The van der Waals surface area contributed by atoms with Crippen molar-refractivity contribution in [3.63, 3.8) is 0 Å². The quantitative estimate of drug-likeness (QED) is 0.763. The molecule has 2 aliphatic heterocycles. The molecular formula is C9H16N2S2. The Bertz CT molecular complexity index is 200. The van der Waals surface area contributed by atoms with Crippen molar-refractivity contribution in [2.45, 2.75) is 31.8 Å². The highest BCUT2D eigenvalue weighted by molar-refractivity contribution is 8.39. The summed E-state index contributed by atoms with van der Waals surface area (Å²) < 4.78 is 1.31. The molecule has 0 bridgehead atoms. The van der Waals surface area contributed by atoms with E-state index in [2.05, 4.69) is 17.2 Å². The maximum atomic E-state index is 4.56. The van der Waals surface area contributed by atoms with Crippen LogP contribution in [0.4, 0.5) is 0 Å². The van der Waals surface area contributed by atoms with Gasteiger partial charge >= 0.3 is 0 Å². The van der Waals surface area contributed by atoms with Gasteiger partial charge in [-0.3, -0.25) is 4.99 Å². The van der Waals surface area contributed by atoms with Crippen LogP contribution in [0.5, 0.6) is 0 Å². The van der Waals surface area contributed by atoms with E-state index in [1.807, 2.05) is 23.5 Å². The minimum atomic E-state index is 0.545. The molecule has 1 N–H and O–H groups in total. The van der Waals surface area contributed by atoms with Crippen molar-refractivity contribution in [2.24, 2.45) is 4.99 Å². The molecule has 0 aromatic rings. The molecule has 2 unspecified atom stereocenters. The van der Waals surface area contributed by atoms with Crippen LogP contribution >= 0.6 is 23.5 Å². The normalized spacial score (nSPS) is 33.8. The average Bonchev–Trinajstić information content (AvgIpc) is 2.71. The predicted molar refractivity (Wildman–Crippen MR) is 62.8 cm³/mol. The number of nitrogens with zero attached hydrogens (tertiary/aromatic N) is 1. The Kier molecular flexibility index (Phi) is 3.58. The molecule has 2 nitrogen and oxygen atoms in total. The molecule has 0 radical (unpaired) electrons. The molecule has 1 saturated heterocycles. The molecule has 0 spiro atoms. The van der Waals surface area contributed by atoms with E-state index in [0.717, 1.165) is 6.04 Å². The lowest BCUT2D eigenvalue weighted by Gasteiger charge is -2.07. The number of hydrogen-bond donors (Lipinski definition) is 1. The Morgan fingerprint density at radius 3 is 3.23 bits per heavy atom. The number of thioether (sulfide) groups is 2. The van der Waals surface area contributed by atoms with E-state index in [1.165, 1.54) is 35.3 Å².